The third kappa shape index (κ3) is 5.91. The van der Waals surface area contributed by atoms with Crippen LogP contribution in [0.5, 0.6) is 5.75 Å². The average molecular weight is 452 g/mol. The highest BCUT2D eigenvalue weighted by Crippen LogP contribution is 2.36. The van der Waals surface area contributed by atoms with Crippen LogP contribution in [0.4, 0.5) is 10.6 Å². The monoisotopic (exact) mass is 452 g/mol. The first-order valence-electron chi connectivity index (χ1n) is 9.45. The smallest absolute Gasteiger partial charge is 0.307 e. The summed E-state index contributed by atoms with van der Waals surface area (Å²) in [6.45, 7) is 0.838. The van der Waals surface area contributed by atoms with E-state index < -0.39 is 5.24 Å². The van der Waals surface area contributed by atoms with E-state index in [4.69, 9.17) is 14.7 Å². The van der Waals surface area contributed by atoms with Crippen LogP contribution in [0.2, 0.25) is 0 Å². The van der Waals surface area contributed by atoms with Crippen LogP contribution in [0.1, 0.15) is 5.56 Å². The lowest BCUT2D eigenvalue weighted by Gasteiger charge is -2.15. The van der Waals surface area contributed by atoms with Crippen LogP contribution in [0.3, 0.4) is 0 Å². The van der Waals surface area contributed by atoms with Crippen molar-refractivity contribution in [3.8, 4) is 17.6 Å². The Morgan fingerprint density at radius 1 is 1.22 bits per heavy atom. The Hall–Kier alpha value is -3.74. The van der Waals surface area contributed by atoms with Gasteiger partial charge >= 0.3 is 5.24 Å². The molecule has 0 saturated carbocycles. The summed E-state index contributed by atoms with van der Waals surface area (Å²) in [5, 5.41) is 14.0. The number of isocyanates is 1. The molecule has 0 radical (unpaired) electrons. The predicted molar refractivity (Wildman–Crippen MR) is 121 cm³/mol. The summed E-state index contributed by atoms with van der Waals surface area (Å²) < 4.78 is 10.9. The van der Waals surface area contributed by atoms with E-state index in [1.165, 1.54) is 5.01 Å². The molecule has 1 aromatic heterocycles. The van der Waals surface area contributed by atoms with Gasteiger partial charge in [-0.15, -0.1) is 0 Å². The van der Waals surface area contributed by atoms with E-state index in [0.29, 0.717) is 35.2 Å². The van der Waals surface area contributed by atoms with Gasteiger partial charge in [0.2, 0.25) is 0 Å². The standard InChI is InChI=1S/C22H20N4O5S/c1-30-13-14-31-20-18-6-2-3-7-19(18)24-21(20)26(23-15-27)12-4-5-16-8-10-17(11-9-16)32-22(28)25-29/h2-3,6-11,24,29H,12-14H2,1H3,(H,25,28). The number of ether oxygens (including phenoxy) is 2. The van der Waals surface area contributed by atoms with Gasteiger partial charge in [-0.25, -0.2) is 15.3 Å². The van der Waals surface area contributed by atoms with Crippen LogP contribution >= 0.6 is 11.8 Å². The van der Waals surface area contributed by atoms with Gasteiger partial charge in [0.15, 0.2) is 11.6 Å². The third-order valence-electron chi connectivity index (χ3n) is 4.21. The molecular weight excluding hydrogens is 432 g/mol. The van der Waals surface area contributed by atoms with Crippen molar-refractivity contribution in [3.63, 3.8) is 0 Å². The maximum Gasteiger partial charge on any atom is 0.307 e. The predicted octanol–water partition coefficient (Wildman–Crippen LogP) is 3.49. The van der Waals surface area contributed by atoms with E-state index in [1.807, 2.05) is 24.3 Å². The Bertz CT molecular complexity index is 1180. The minimum Gasteiger partial charge on any atom is -0.487 e. The summed E-state index contributed by atoms with van der Waals surface area (Å²) in [4.78, 5) is 26.1. The molecule has 32 heavy (non-hydrogen) atoms. The molecule has 3 rings (SSSR count). The number of hydrogen-bond donors (Lipinski definition) is 3. The number of fused-ring (bicyclic) bond motifs is 1. The summed E-state index contributed by atoms with van der Waals surface area (Å²) in [6.07, 6.45) is 1.56. The number of nitrogens with one attached hydrogen (secondary N) is 2. The third-order valence-corrected chi connectivity index (χ3v) is 5.00. The van der Waals surface area contributed by atoms with Crippen molar-refractivity contribution in [2.75, 3.05) is 31.9 Å². The number of carbonyl (C=O) groups excluding carboxylic acids is 2. The molecule has 0 aliphatic carbocycles. The zero-order valence-electron chi connectivity index (χ0n) is 17.1. The molecule has 3 N–H and O–H groups in total. The van der Waals surface area contributed by atoms with Crippen molar-refractivity contribution in [3.05, 3.63) is 54.1 Å². The fourth-order valence-electron chi connectivity index (χ4n) is 2.82. The molecule has 1 heterocycles. The van der Waals surface area contributed by atoms with Crippen LogP contribution in [-0.2, 0) is 9.53 Å². The summed E-state index contributed by atoms with van der Waals surface area (Å²) in [5.41, 5.74) is 3.10. The normalized spacial score (nSPS) is 10.1. The van der Waals surface area contributed by atoms with Crippen molar-refractivity contribution >= 4 is 39.8 Å². The molecule has 0 unspecified atom stereocenters. The van der Waals surface area contributed by atoms with Crippen molar-refractivity contribution in [1.29, 1.82) is 0 Å². The number of benzene rings is 2. The molecule has 164 valence electrons. The molecule has 0 atom stereocenters. The molecule has 0 fully saturated rings. The molecular formula is C22H20N4O5S. The van der Waals surface area contributed by atoms with Crippen LogP contribution in [-0.4, -0.2) is 48.4 Å². The molecule has 0 saturated heterocycles. The lowest BCUT2D eigenvalue weighted by Crippen LogP contribution is -2.18. The number of thioether (sulfide) groups is 1. The number of para-hydroxylation sites is 1. The van der Waals surface area contributed by atoms with Gasteiger partial charge < -0.3 is 14.5 Å². The van der Waals surface area contributed by atoms with Gasteiger partial charge in [0, 0.05) is 23.0 Å². The SMILES string of the molecule is COCCOc1c(N(CC#Cc2ccc(SC(=O)NO)cc2)N=C=O)[nH]c2ccccc12. The molecule has 3 aromatic rings. The Kier molecular flexibility index (Phi) is 8.31. The zero-order valence-corrected chi connectivity index (χ0v) is 17.9. The number of nitrogens with zero attached hydrogens (tertiary/aromatic N) is 2. The van der Waals surface area contributed by atoms with Crippen molar-refractivity contribution in [2.24, 2.45) is 5.10 Å². The number of H-pyrrole nitrogens is 1. The minimum atomic E-state index is -0.576. The fraction of sp³-hybridized carbons (Fsp3) is 0.182. The highest BCUT2D eigenvalue weighted by atomic mass is 32.2. The molecule has 0 aliphatic heterocycles. The first-order chi connectivity index (χ1) is 15.7. The van der Waals surface area contributed by atoms with Gasteiger partial charge in [0.25, 0.3) is 6.08 Å². The summed E-state index contributed by atoms with van der Waals surface area (Å²) in [6, 6.07) is 14.5. The summed E-state index contributed by atoms with van der Waals surface area (Å²) in [7, 11) is 1.59. The molecule has 2 aromatic carbocycles. The van der Waals surface area contributed by atoms with Crippen LogP contribution < -0.4 is 15.2 Å². The largest absolute Gasteiger partial charge is 0.487 e. The van der Waals surface area contributed by atoms with Crippen LogP contribution in [0.25, 0.3) is 10.9 Å². The summed E-state index contributed by atoms with van der Waals surface area (Å²) in [5.74, 6) is 6.99. The van der Waals surface area contributed by atoms with Crippen LogP contribution in [0, 0.1) is 11.8 Å². The van der Waals surface area contributed by atoms with E-state index in [2.05, 4.69) is 21.9 Å². The van der Waals surface area contributed by atoms with Gasteiger partial charge in [-0.1, -0.05) is 29.1 Å². The molecule has 0 spiro atoms. The highest BCUT2D eigenvalue weighted by Gasteiger charge is 2.18. The van der Waals surface area contributed by atoms with Crippen molar-refractivity contribution in [1.82, 2.24) is 10.5 Å². The summed E-state index contributed by atoms with van der Waals surface area (Å²) >= 11 is 0.855. The minimum absolute atomic E-state index is 0.103. The maximum atomic E-state index is 11.2. The lowest BCUT2D eigenvalue weighted by molar-refractivity contribution is 0.147. The second-order valence-electron chi connectivity index (χ2n) is 6.27. The van der Waals surface area contributed by atoms with Gasteiger partial charge in [-0.3, -0.25) is 10.0 Å². The van der Waals surface area contributed by atoms with Gasteiger partial charge in [0.05, 0.1) is 12.1 Å². The number of hydrazone groups is 1. The van der Waals surface area contributed by atoms with E-state index >= 15 is 0 Å². The first kappa shape index (κ1) is 22.9. The highest BCUT2D eigenvalue weighted by molar-refractivity contribution is 8.13. The van der Waals surface area contributed by atoms with E-state index in [1.54, 1.807) is 42.9 Å². The van der Waals surface area contributed by atoms with Crippen molar-refractivity contribution < 1.29 is 24.3 Å². The number of aromatic amines is 1. The quantitative estimate of drug-likeness (QED) is 0.0911. The van der Waals surface area contributed by atoms with E-state index in [0.717, 1.165) is 22.7 Å². The van der Waals surface area contributed by atoms with Gasteiger partial charge in [-0.2, -0.15) is 0 Å². The second kappa shape index (κ2) is 11.6. The zero-order chi connectivity index (χ0) is 22.8. The number of anilines is 1. The fourth-order valence-corrected chi connectivity index (χ4v) is 3.36. The van der Waals surface area contributed by atoms with E-state index in [-0.39, 0.29) is 6.54 Å². The van der Waals surface area contributed by atoms with Gasteiger partial charge in [0.1, 0.15) is 13.2 Å². The maximum absolute atomic E-state index is 11.2. The number of amides is 1. The Morgan fingerprint density at radius 3 is 2.72 bits per heavy atom. The lowest BCUT2D eigenvalue weighted by atomic mass is 10.2. The van der Waals surface area contributed by atoms with E-state index in [9.17, 15) is 9.59 Å². The molecule has 9 nitrogen and oxygen atoms in total. The number of hydrogen-bond acceptors (Lipinski definition) is 8. The average Bonchev–Trinajstić information content (AvgIpc) is 3.18. The number of rotatable bonds is 8. The number of hydroxylamine groups is 1. The van der Waals surface area contributed by atoms with Gasteiger partial charge in [-0.05, 0) is 48.2 Å². The van der Waals surface area contributed by atoms with Crippen molar-refractivity contribution in [2.45, 2.75) is 4.90 Å². The first-order valence-corrected chi connectivity index (χ1v) is 10.3. The Balaban J connectivity index is 1.81. The molecule has 0 aliphatic rings. The topological polar surface area (TPSA) is 116 Å². The molecule has 1 amide bonds. The van der Waals surface area contributed by atoms with Crippen LogP contribution in [0.15, 0.2) is 58.5 Å². The number of carbonyl (C=O) groups is 1. The number of methoxy groups -OCH3 is 1. The molecule has 10 heteroatoms. The molecule has 0 bridgehead atoms. The Morgan fingerprint density at radius 2 is 2.00 bits per heavy atom. The second-order valence-corrected chi connectivity index (χ2v) is 7.31. The number of aromatic nitrogens is 1. The Labute approximate surface area is 188 Å².